The fraction of sp³-hybridized carbons (Fsp3) is 0.478. The smallest absolute Gasteiger partial charge is 0.325 e. The summed E-state index contributed by atoms with van der Waals surface area (Å²) < 4.78 is 12.7. The van der Waals surface area contributed by atoms with Gasteiger partial charge < -0.3 is 13.8 Å². The zero-order valence-electron chi connectivity index (χ0n) is 17.5. The van der Waals surface area contributed by atoms with Crippen molar-refractivity contribution in [2.75, 3.05) is 13.2 Å². The second kappa shape index (κ2) is 8.41. The van der Waals surface area contributed by atoms with E-state index in [-0.39, 0.29) is 12.5 Å². The Hall–Kier alpha value is -2.60. The Morgan fingerprint density at radius 3 is 2.93 bits per heavy atom. The maximum Gasteiger partial charge on any atom is 0.325 e. The maximum atomic E-state index is 12.1. The van der Waals surface area contributed by atoms with E-state index in [1.54, 1.807) is 0 Å². The number of benzene rings is 1. The summed E-state index contributed by atoms with van der Waals surface area (Å²) >= 11 is 0. The van der Waals surface area contributed by atoms with Crippen molar-refractivity contribution < 1.29 is 14.1 Å². The van der Waals surface area contributed by atoms with E-state index in [1.807, 2.05) is 24.5 Å². The van der Waals surface area contributed by atoms with E-state index in [0.29, 0.717) is 12.6 Å². The van der Waals surface area contributed by atoms with Gasteiger partial charge in [0.2, 0.25) is 0 Å². The van der Waals surface area contributed by atoms with Gasteiger partial charge in [-0.1, -0.05) is 30.3 Å². The molecule has 6 nitrogen and oxygen atoms in total. The summed E-state index contributed by atoms with van der Waals surface area (Å²) in [7, 11) is 0. The van der Waals surface area contributed by atoms with Crippen molar-refractivity contribution in [3.8, 4) is 0 Å². The van der Waals surface area contributed by atoms with Gasteiger partial charge in [0.1, 0.15) is 12.3 Å². The van der Waals surface area contributed by atoms with Crippen molar-refractivity contribution in [2.45, 2.75) is 59.2 Å². The molecule has 1 aromatic carbocycles. The topological polar surface area (TPSA) is 60.5 Å². The van der Waals surface area contributed by atoms with Crippen LogP contribution in [-0.4, -0.2) is 33.7 Å². The van der Waals surface area contributed by atoms with Crippen LogP contribution >= 0.6 is 0 Å². The molecule has 1 aliphatic heterocycles. The zero-order chi connectivity index (χ0) is 20.4. The second-order valence-corrected chi connectivity index (χ2v) is 7.69. The second-order valence-electron chi connectivity index (χ2n) is 7.69. The number of fused-ring (bicyclic) bond motifs is 1. The number of carbonyl (C=O) groups is 1. The van der Waals surface area contributed by atoms with Crippen LogP contribution in [0.3, 0.4) is 0 Å². The molecule has 0 aliphatic carbocycles. The quantitative estimate of drug-likeness (QED) is 0.555. The van der Waals surface area contributed by atoms with Crippen LogP contribution in [-0.2, 0) is 29.0 Å². The van der Waals surface area contributed by atoms with Crippen molar-refractivity contribution in [2.24, 2.45) is 0 Å². The van der Waals surface area contributed by atoms with Gasteiger partial charge in [-0.3, -0.25) is 9.69 Å². The molecule has 1 aliphatic rings. The highest BCUT2D eigenvalue weighted by molar-refractivity contribution is 5.85. The van der Waals surface area contributed by atoms with E-state index >= 15 is 0 Å². The lowest BCUT2D eigenvalue weighted by molar-refractivity contribution is -0.143. The Kier molecular flexibility index (Phi) is 5.72. The van der Waals surface area contributed by atoms with Crippen LogP contribution in [0.1, 0.15) is 55.3 Å². The van der Waals surface area contributed by atoms with Crippen LogP contribution in [0.2, 0.25) is 0 Å². The zero-order valence-corrected chi connectivity index (χ0v) is 17.5. The molecule has 0 radical (unpaired) electrons. The highest BCUT2D eigenvalue weighted by Gasteiger charge is 2.31. The number of likely N-dealkylation sites (tertiary alicyclic amines) is 1. The first-order valence-electron chi connectivity index (χ1n) is 10.5. The molecule has 3 aromatic rings. The predicted octanol–water partition coefficient (Wildman–Crippen LogP) is 4.40. The molecule has 0 saturated carbocycles. The number of aromatic nitrogens is 2. The largest absolute Gasteiger partial charge is 0.465 e. The first kappa shape index (κ1) is 19.7. The third-order valence-corrected chi connectivity index (χ3v) is 5.85. The van der Waals surface area contributed by atoms with Crippen LogP contribution in [0.15, 0.2) is 35.0 Å². The number of hydrogen-bond donors (Lipinski definition) is 0. The lowest BCUT2D eigenvalue weighted by Gasteiger charge is -2.24. The Morgan fingerprint density at radius 1 is 1.31 bits per heavy atom. The van der Waals surface area contributed by atoms with Crippen LogP contribution in [0.25, 0.3) is 10.9 Å². The molecule has 0 amide bonds. The number of carbonyl (C=O) groups excluding carboxylic acids is 1. The highest BCUT2D eigenvalue weighted by Crippen LogP contribution is 2.37. The van der Waals surface area contributed by atoms with Crippen molar-refractivity contribution in [3.63, 3.8) is 0 Å². The van der Waals surface area contributed by atoms with E-state index in [0.717, 1.165) is 42.9 Å². The number of hydrogen-bond acceptors (Lipinski definition) is 5. The van der Waals surface area contributed by atoms with Gasteiger partial charge in [0.25, 0.3) is 0 Å². The van der Waals surface area contributed by atoms with Gasteiger partial charge in [0.15, 0.2) is 0 Å². The number of rotatable bonds is 7. The first-order chi connectivity index (χ1) is 14.1. The van der Waals surface area contributed by atoms with Gasteiger partial charge >= 0.3 is 5.97 Å². The van der Waals surface area contributed by atoms with E-state index in [2.05, 4.69) is 41.4 Å². The molecule has 1 fully saturated rings. The van der Waals surface area contributed by atoms with E-state index in [1.165, 1.54) is 22.9 Å². The van der Waals surface area contributed by atoms with Gasteiger partial charge in [-0.25, -0.2) is 0 Å². The van der Waals surface area contributed by atoms with Gasteiger partial charge in [-0.2, -0.15) is 0 Å². The summed E-state index contributed by atoms with van der Waals surface area (Å²) in [5.41, 5.74) is 4.58. The predicted molar refractivity (Wildman–Crippen MR) is 112 cm³/mol. The monoisotopic (exact) mass is 395 g/mol. The minimum atomic E-state index is -0.202. The molecular formula is C23H29N3O3. The number of para-hydroxylation sites is 1. The summed E-state index contributed by atoms with van der Waals surface area (Å²) in [6.45, 7) is 8.53. The molecule has 6 heteroatoms. The van der Waals surface area contributed by atoms with Crippen molar-refractivity contribution >= 4 is 16.9 Å². The van der Waals surface area contributed by atoms with E-state index in [9.17, 15) is 4.79 Å². The molecule has 2 aromatic heterocycles. The Balaban J connectivity index is 1.63. The number of ether oxygens (including phenoxy) is 1. The first-order valence-corrected chi connectivity index (χ1v) is 10.5. The molecule has 1 unspecified atom stereocenters. The minimum absolute atomic E-state index is 0.202. The summed E-state index contributed by atoms with van der Waals surface area (Å²) in [6, 6.07) is 8.61. The molecule has 0 N–H and O–H groups in total. The van der Waals surface area contributed by atoms with Crippen molar-refractivity contribution in [3.05, 3.63) is 53.0 Å². The van der Waals surface area contributed by atoms with Crippen LogP contribution in [0.5, 0.6) is 0 Å². The SMILES string of the molecule is CCOC(=O)Cn1cc(CN2CCCC2c2c(C)noc2CC)c2ccccc21. The average molecular weight is 396 g/mol. The number of esters is 1. The van der Waals surface area contributed by atoms with Crippen molar-refractivity contribution in [1.82, 2.24) is 14.6 Å². The molecule has 1 atom stereocenters. The van der Waals surface area contributed by atoms with Crippen LogP contribution in [0, 0.1) is 6.92 Å². The molecule has 3 heterocycles. The molecular weight excluding hydrogens is 366 g/mol. The van der Waals surface area contributed by atoms with E-state index < -0.39 is 0 Å². The molecule has 154 valence electrons. The van der Waals surface area contributed by atoms with Crippen molar-refractivity contribution in [1.29, 1.82) is 0 Å². The Labute approximate surface area is 171 Å². The molecule has 0 spiro atoms. The molecule has 0 bridgehead atoms. The number of aryl methyl sites for hydroxylation is 2. The lowest BCUT2D eigenvalue weighted by Crippen LogP contribution is -2.23. The van der Waals surface area contributed by atoms with Gasteiger partial charge in [-0.15, -0.1) is 0 Å². The minimum Gasteiger partial charge on any atom is -0.465 e. The third-order valence-electron chi connectivity index (χ3n) is 5.85. The fourth-order valence-corrected chi connectivity index (χ4v) is 4.59. The Morgan fingerprint density at radius 2 is 2.14 bits per heavy atom. The number of nitrogens with zero attached hydrogens (tertiary/aromatic N) is 3. The standard InChI is InChI=1S/C23H29N3O3/c1-4-21-23(16(3)24-29-21)20-11-8-12-25(20)13-17-14-26(15-22(27)28-5-2)19-10-7-6-9-18(17)19/h6-7,9-10,14,20H,4-5,8,11-13,15H2,1-3H3. The highest BCUT2D eigenvalue weighted by atomic mass is 16.5. The fourth-order valence-electron chi connectivity index (χ4n) is 4.59. The lowest BCUT2D eigenvalue weighted by atomic mass is 10.0. The van der Waals surface area contributed by atoms with Gasteiger partial charge in [0.05, 0.1) is 12.3 Å². The van der Waals surface area contributed by atoms with Crippen LogP contribution in [0.4, 0.5) is 0 Å². The van der Waals surface area contributed by atoms with Gasteiger partial charge in [-0.05, 0) is 44.9 Å². The summed E-state index contributed by atoms with van der Waals surface area (Å²) in [5.74, 6) is 0.802. The Bertz CT molecular complexity index is 1000. The maximum absolute atomic E-state index is 12.1. The van der Waals surface area contributed by atoms with Crippen LogP contribution < -0.4 is 0 Å². The average Bonchev–Trinajstić information content (AvgIpc) is 3.40. The molecule has 4 rings (SSSR count). The summed E-state index contributed by atoms with van der Waals surface area (Å²) in [4.78, 5) is 14.6. The van der Waals surface area contributed by atoms with E-state index in [4.69, 9.17) is 9.26 Å². The molecule has 29 heavy (non-hydrogen) atoms. The third kappa shape index (κ3) is 3.81. The summed E-state index contributed by atoms with van der Waals surface area (Å²) in [5, 5.41) is 5.42. The summed E-state index contributed by atoms with van der Waals surface area (Å²) in [6.07, 6.45) is 5.26. The molecule has 1 saturated heterocycles. The normalized spacial score (nSPS) is 17.3. The van der Waals surface area contributed by atoms with Gasteiger partial charge in [0, 0.05) is 41.7 Å².